The number of hydrogen-bond acceptors (Lipinski definition) is 4. The van der Waals surface area contributed by atoms with Crippen LogP contribution in [0.1, 0.15) is 31.2 Å². The third-order valence-corrected chi connectivity index (χ3v) is 4.80. The standard InChI is InChI=1S/C19H17N3O2/c1-10-6-15(23)18-16(7-10)24-19(21)12(8-20)17(18)13-9-22-14-5-3-2-4-11(13)14/h2-5,9-10,17,22H,6-7,21H2,1H3/t10-,17-/m1/s1. The van der Waals surface area contributed by atoms with Crippen LogP contribution >= 0.6 is 0 Å². The van der Waals surface area contributed by atoms with Gasteiger partial charge in [0.2, 0.25) is 5.88 Å². The summed E-state index contributed by atoms with van der Waals surface area (Å²) in [4.78, 5) is 15.9. The molecule has 1 aliphatic carbocycles. The maximum atomic E-state index is 12.7. The van der Waals surface area contributed by atoms with Crippen molar-refractivity contribution in [2.75, 3.05) is 0 Å². The Morgan fingerprint density at radius 2 is 2.12 bits per heavy atom. The summed E-state index contributed by atoms with van der Waals surface area (Å²) in [5.74, 6) is 0.518. The number of nitrogens with one attached hydrogen (secondary N) is 1. The average Bonchev–Trinajstić information content (AvgIpc) is 2.97. The molecule has 5 nitrogen and oxygen atoms in total. The first kappa shape index (κ1) is 14.6. The maximum Gasteiger partial charge on any atom is 0.205 e. The van der Waals surface area contributed by atoms with Crippen LogP contribution in [-0.4, -0.2) is 10.8 Å². The molecule has 2 heterocycles. The van der Waals surface area contributed by atoms with Gasteiger partial charge in [0.25, 0.3) is 0 Å². The zero-order valence-corrected chi connectivity index (χ0v) is 13.3. The number of hydrogen-bond donors (Lipinski definition) is 2. The summed E-state index contributed by atoms with van der Waals surface area (Å²) in [7, 11) is 0. The summed E-state index contributed by atoms with van der Waals surface area (Å²) in [5.41, 5.74) is 8.76. The topological polar surface area (TPSA) is 91.9 Å². The van der Waals surface area contributed by atoms with Crippen LogP contribution in [0.15, 0.2) is 53.3 Å². The van der Waals surface area contributed by atoms with Crippen molar-refractivity contribution in [1.82, 2.24) is 4.98 Å². The van der Waals surface area contributed by atoms with Crippen LogP contribution in [0.2, 0.25) is 0 Å². The van der Waals surface area contributed by atoms with E-state index in [2.05, 4.69) is 11.1 Å². The minimum absolute atomic E-state index is 0.0410. The van der Waals surface area contributed by atoms with Crippen molar-refractivity contribution in [2.45, 2.75) is 25.7 Å². The van der Waals surface area contributed by atoms with E-state index in [1.807, 2.05) is 37.4 Å². The van der Waals surface area contributed by atoms with E-state index in [1.54, 1.807) is 0 Å². The van der Waals surface area contributed by atoms with Crippen LogP contribution in [0.5, 0.6) is 0 Å². The lowest BCUT2D eigenvalue weighted by molar-refractivity contribution is -0.117. The lowest BCUT2D eigenvalue weighted by Gasteiger charge is -2.32. The van der Waals surface area contributed by atoms with Gasteiger partial charge in [-0.2, -0.15) is 5.26 Å². The smallest absolute Gasteiger partial charge is 0.205 e. The Labute approximate surface area is 139 Å². The van der Waals surface area contributed by atoms with Crippen molar-refractivity contribution in [3.05, 3.63) is 58.8 Å². The van der Waals surface area contributed by atoms with Crippen LogP contribution in [-0.2, 0) is 9.53 Å². The SMILES string of the molecule is C[C@@H]1CC(=O)C2=C(C1)OC(N)=C(C#N)[C@@H]2c1c[nH]c2ccccc12. The number of benzene rings is 1. The normalized spacial score (nSPS) is 23.9. The van der Waals surface area contributed by atoms with Gasteiger partial charge in [0.15, 0.2) is 5.78 Å². The van der Waals surface area contributed by atoms with E-state index in [-0.39, 0.29) is 17.6 Å². The molecule has 0 amide bonds. The fourth-order valence-electron chi connectivity index (χ4n) is 3.74. The number of ether oxygens (including phenoxy) is 1. The molecule has 24 heavy (non-hydrogen) atoms. The van der Waals surface area contributed by atoms with E-state index < -0.39 is 5.92 Å². The number of carbonyl (C=O) groups excluding carboxylic acids is 1. The van der Waals surface area contributed by atoms with Gasteiger partial charge in [0.1, 0.15) is 17.4 Å². The Kier molecular flexibility index (Phi) is 3.20. The van der Waals surface area contributed by atoms with E-state index in [9.17, 15) is 10.1 Å². The van der Waals surface area contributed by atoms with E-state index in [0.717, 1.165) is 16.5 Å². The van der Waals surface area contributed by atoms with Gasteiger partial charge in [-0.15, -0.1) is 0 Å². The van der Waals surface area contributed by atoms with Crippen molar-refractivity contribution < 1.29 is 9.53 Å². The summed E-state index contributed by atoms with van der Waals surface area (Å²) in [5, 5.41) is 10.6. The number of carbonyl (C=O) groups is 1. The number of nitriles is 1. The molecule has 0 radical (unpaired) electrons. The van der Waals surface area contributed by atoms with Gasteiger partial charge in [-0.05, 0) is 17.5 Å². The fraction of sp³-hybridized carbons (Fsp3) is 0.263. The quantitative estimate of drug-likeness (QED) is 0.844. The summed E-state index contributed by atoms with van der Waals surface area (Å²) in [6.45, 7) is 2.02. The monoisotopic (exact) mass is 319 g/mol. The highest BCUT2D eigenvalue weighted by Gasteiger charge is 2.40. The number of H-pyrrole nitrogens is 1. The van der Waals surface area contributed by atoms with Crippen LogP contribution in [0.4, 0.5) is 0 Å². The zero-order valence-electron chi connectivity index (χ0n) is 13.3. The van der Waals surface area contributed by atoms with Crippen molar-refractivity contribution in [1.29, 1.82) is 5.26 Å². The predicted molar refractivity (Wildman–Crippen MR) is 89.4 cm³/mol. The molecule has 2 atom stereocenters. The predicted octanol–water partition coefficient (Wildman–Crippen LogP) is 3.23. The number of Topliss-reactive ketones (excluding diaryl/α,β-unsaturated/α-hetero) is 1. The Hall–Kier alpha value is -3.00. The molecule has 0 bridgehead atoms. The highest BCUT2D eigenvalue weighted by molar-refractivity contribution is 6.01. The van der Waals surface area contributed by atoms with Gasteiger partial charge in [-0.3, -0.25) is 4.79 Å². The molecule has 1 aromatic carbocycles. The van der Waals surface area contributed by atoms with E-state index >= 15 is 0 Å². The molecule has 0 saturated heterocycles. The largest absolute Gasteiger partial charge is 0.444 e. The van der Waals surface area contributed by atoms with Crippen LogP contribution in [0.25, 0.3) is 10.9 Å². The molecule has 3 N–H and O–H groups in total. The highest BCUT2D eigenvalue weighted by Crippen LogP contribution is 2.46. The number of nitrogens with two attached hydrogens (primary N) is 1. The summed E-state index contributed by atoms with van der Waals surface area (Å²) < 4.78 is 5.66. The van der Waals surface area contributed by atoms with E-state index in [1.165, 1.54) is 0 Å². The van der Waals surface area contributed by atoms with Gasteiger partial charge < -0.3 is 15.5 Å². The molecular weight excluding hydrogens is 302 g/mol. The second-order valence-corrected chi connectivity index (χ2v) is 6.49. The maximum absolute atomic E-state index is 12.7. The average molecular weight is 319 g/mol. The van der Waals surface area contributed by atoms with Crippen molar-refractivity contribution in [3.8, 4) is 6.07 Å². The molecule has 0 unspecified atom stereocenters. The van der Waals surface area contributed by atoms with Crippen LogP contribution in [0.3, 0.4) is 0 Å². The Balaban J connectivity index is 1.96. The van der Waals surface area contributed by atoms with Crippen molar-refractivity contribution in [2.24, 2.45) is 11.7 Å². The van der Waals surface area contributed by atoms with Gasteiger partial charge >= 0.3 is 0 Å². The molecule has 2 aromatic rings. The second-order valence-electron chi connectivity index (χ2n) is 6.49. The first-order chi connectivity index (χ1) is 11.6. The van der Waals surface area contributed by atoms with Gasteiger partial charge in [-0.25, -0.2) is 0 Å². The second kappa shape index (κ2) is 5.27. The zero-order chi connectivity index (χ0) is 16.8. The molecule has 0 spiro atoms. The number of fused-ring (bicyclic) bond motifs is 1. The number of rotatable bonds is 1. The minimum atomic E-state index is -0.463. The molecular formula is C19H17N3O2. The van der Waals surface area contributed by atoms with E-state index in [4.69, 9.17) is 10.5 Å². The first-order valence-electron chi connectivity index (χ1n) is 8.00. The van der Waals surface area contributed by atoms with Gasteiger partial charge in [0, 0.05) is 35.5 Å². The third kappa shape index (κ3) is 2.04. The molecule has 120 valence electrons. The Morgan fingerprint density at radius 1 is 1.33 bits per heavy atom. The van der Waals surface area contributed by atoms with Crippen LogP contribution < -0.4 is 5.73 Å². The summed E-state index contributed by atoms with van der Waals surface area (Å²) in [6, 6.07) is 9.99. The molecule has 5 heteroatoms. The first-order valence-corrected chi connectivity index (χ1v) is 8.00. The lowest BCUT2D eigenvalue weighted by Crippen LogP contribution is -2.29. The van der Waals surface area contributed by atoms with Crippen molar-refractivity contribution in [3.63, 3.8) is 0 Å². The third-order valence-electron chi connectivity index (χ3n) is 4.80. The summed E-state index contributed by atoms with van der Waals surface area (Å²) in [6.07, 6.45) is 3.00. The molecule has 2 aliphatic rings. The van der Waals surface area contributed by atoms with Gasteiger partial charge in [-0.1, -0.05) is 25.1 Å². The van der Waals surface area contributed by atoms with Crippen LogP contribution in [0, 0.1) is 17.2 Å². The summed E-state index contributed by atoms with van der Waals surface area (Å²) >= 11 is 0. The number of allylic oxidation sites excluding steroid dienone is 3. The Morgan fingerprint density at radius 3 is 2.92 bits per heavy atom. The molecule has 4 rings (SSSR count). The van der Waals surface area contributed by atoms with Crippen molar-refractivity contribution >= 4 is 16.7 Å². The highest BCUT2D eigenvalue weighted by atomic mass is 16.5. The molecule has 0 saturated carbocycles. The number of aromatic nitrogens is 1. The number of para-hydroxylation sites is 1. The Bertz CT molecular complexity index is 958. The number of aromatic amines is 1. The molecule has 1 aliphatic heterocycles. The van der Waals surface area contributed by atoms with Gasteiger partial charge in [0.05, 0.1) is 5.92 Å². The minimum Gasteiger partial charge on any atom is -0.444 e. The fourth-order valence-corrected chi connectivity index (χ4v) is 3.74. The van der Waals surface area contributed by atoms with E-state index in [0.29, 0.717) is 29.7 Å². The number of nitrogens with zero attached hydrogens (tertiary/aromatic N) is 1. The molecule has 0 fully saturated rings. The lowest BCUT2D eigenvalue weighted by atomic mass is 9.75. The molecule has 1 aromatic heterocycles. The number of ketones is 1.